The van der Waals surface area contributed by atoms with E-state index < -0.39 is 10.9 Å². The minimum Gasteiger partial charge on any atom is -0.481 e. The number of aryl methyl sites for hydroxylation is 1. The van der Waals surface area contributed by atoms with E-state index in [1.54, 1.807) is 18.5 Å². The molecular formula is C12H18N4O4. The first kappa shape index (κ1) is 14.3. The molecule has 1 aliphatic rings. The molecular weight excluding hydrogens is 264 g/mol. The van der Waals surface area contributed by atoms with Crippen molar-refractivity contribution in [1.82, 2.24) is 9.55 Å². The molecule has 0 bridgehead atoms. The predicted molar refractivity (Wildman–Crippen MR) is 71.8 cm³/mol. The smallest absolute Gasteiger partial charge is 0.406 e. The molecule has 0 aromatic carbocycles. The van der Waals surface area contributed by atoms with Crippen molar-refractivity contribution in [3.8, 4) is 0 Å². The molecule has 1 N–H and O–H groups in total. The number of carboxylic acids is 1. The van der Waals surface area contributed by atoms with Crippen LogP contribution in [0.2, 0.25) is 0 Å². The summed E-state index contributed by atoms with van der Waals surface area (Å²) in [4.78, 5) is 27.2. The van der Waals surface area contributed by atoms with Crippen molar-refractivity contribution in [2.24, 2.45) is 13.0 Å². The lowest BCUT2D eigenvalue weighted by Gasteiger charge is -2.32. The minimum absolute atomic E-state index is 0.123. The molecule has 1 aliphatic heterocycles. The molecule has 0 unspecified atom stereocenters. The van der Waals surface area contributed by atoms with Gasteiger partial charge in [0, 0.05) is 33.5 Å². The third kappa shape index (κ3) is 2.73. The summed E-state index contributed by atoms with van der Waals surface area (Å²) in [6.07, 6.45) is 1.63. The molecule has 0 saturated carbocycles. The monoisotopic (exact) mass is 282 g/mol. The minimum atomic E-state index is -0.786. The molecule has 8 nitrogen and oxygen atoms in total. The largest absolute Gasteiger partial charge is 0.481 e. The fraction of sp³-hybridized carbons (Fsp3) is 0.667. The van der Waals surface area contributed by atoms with E-state index in [0.717, 1.165) is 12.8 Å². The van der Waals surface area contributed by atoms with Crippen molar-refractivity contribution in [2.45, 2.75) is 26.2 Å². The molecule has 20 heavy (non-hydrogen) atoms. The van der Waals surface area contributed by atoms with Gasteiger partial charge in [-0.25, -0.2) is 0 Å². The third-order valence-corrected chi connectivity index (χ3v) is 3.82. The Hall–Kier alpha value is -2.12. The van der Waals surface area contributed by atoms with Crippen molar-refractivity contribution < 1.29 is 14.8 Å². The molecule has 1 fully saturated rings. The van der Waals surface area contributed by atoms with E-state index in [9.17, 15) is 14.9 Å². The zero-order chi connectivity index (χ0) is 14.9. The molecule has 0 spiro atoms. The van der Waals surface area contributed by atoms with Gasteiger partial charge in [0.05, 0.1) is 0 Å². The zero-order valence-corrected chi connectivity index (χ0v) is 11.6. The molecule has 0 amide bonds. The second kappa shape index (κ2) is 5.48. The summed E-state index contributed by atoms with van der Waals surface area (Å²) >= 11 is 0. The Bertz CT molecular complexity index is 532. The molecule has 0 aliphatic carbocycles. The average Bonchev–Trinajstić information content (AvgIpc) is 2.67. The molecule has 0 radical (unpaired) electrons. The van der Waals surface area contributed by atoms with Gasteiger partial charge in [-0.3, -0.25) is 9.36 Å². The average molecular weight is 282 g/mol. The Morgan fingerprint density at radius 1 is 1.50 bits per heavy atom. The van der Waals surface area contributed by atoms with Crippen LogP contribution in [0.3, 0.4) is 0 Å². The highest BCUT2D eigenvalue weighted by Gasteiger charge is 2.31. The Morgan fingerprint density at radius 2 is 2.10 bits per heavy atom. The lowest BCUT2D eigenvalue weighted by atomic mass is 9.94. The Balaban J connectivity index is 2.14. The number of nitro groups is 1. The SMILES string of the molecule is Cc1nc([N+](=O)[O-])c(N2CCC(CC(=O)O)CC2)n1C. The topological polar surface area (TPSA) is 102 Å². The number of aliphatic carboxylic acids is 1. The standard InChI is InChI=1S/C12H18N4O4/c1-8-13-11(16(19)20)12(14(8)2)15-5-3-9(4-6-15)7-10(17)18/h9H,3-7H2,1-2H3,(H,17,18). The second-order valence-electron chi connectivity index (χ2n) is 5.15. The van der Waals surface area contributed by atoms with Crippen LogP contribution in [-0.2, 0) is 11.8 Å². The van der Waals surface area contributed by atoms with Gasteiger partial charge in [-0.1, -0.05) is 0 Å². The van der Waals surface area contributed by atoms with Crippen molar-refractivity contribution in [1.29, 1.82) is 0 Å². The maximum absolute atomic E-state index is 11.1. The van der Waals surface area contributed by atoms with Crippen LogP contribution in [0.5, 0.6) is 0 Å². The van der Waals surface area contributed by atoms with Crippen LogP contribution < -0.4 is 4.90 Å². The molecule has 2 heterocycles. The molecule has 110 valence electrons. The second-order valence-corrected chi connectivity index (χ2v) is 5.15. The lowest BCUT2D eigenvalue weighted by Crippen LogP contribution is -2.35. The van der Waals surface area contributed by atoms with E-state index in [0.29, 0.717) is 24.7 Å². The van der Waals surface area contributed by atoms with Crippen LogP contribution in [0.15, 0.2) is 0 Å². The number of piperidine rings is 1. The van der Waals surface area contributed by atoms with Crippen LogP contribution in [0.1, 0.15) is 25.1 Å². The Kier molecular flexibility index (Phi) is 3.91. The van der Waals surface area contributed by atoms with Crippen molar-refractivity contribution in [2.75, 3.05) is 18.0 Å². The van der Waals surface area contributed by atoms with E-state index in [1.807, 2.05) is 4.90 Å². The number of nitrogens with zero attached hydrogens (tertiary/aromatic N) is 4. The maximum Gasteiger partial charge on any atom is 0.406 e. The first-order valence-corrected chi connectivity index (χ1v) is 6.54. The predicted octanol–water partition coefficient (Wildman–Crippen LogP) is 1.33. The van der Waals surface area contributed by atoms with Crippen LogP contribution in [0.4, 0.5) is 11.6 Å². The first-order valence-electron chi connectivity index (χ1n) is 6.54. The summed E-state index contributed by atoms with van der Waals surface area (Å²) in [5, 5.41) is 19.9. The summed E-state index contributed by atoms with van der Waals surface area (Å²) in [6.45, 7) is 2.98. The van der Waals surface area contributed by atoms with E-state index in [2.05, 4.69) is 4.98 Å². The number of carboxylic acid groups (broad SMARTS) is 1. The number of hydrogen-bond donors (Lipinski definition) is 1. The van der Waals surface area contributed by atoms with Gasteiger partial charge in [-0.05, 0) is 28.7 Å². The van der Waals surface area contributed by atoms with Crippen molar-refractivity contribution >= 4 is 17.6 Å². The van der Waals surface area contributed by atoms with Gasteiger partial charge in [0.1, 0.15) is 0 Å². The summed E-state index contributed by atoms with van der Waals surface area (Å²) in [7, 11) is 1.76. The summed E-state index contributed by atoms with van der Waals surface area (Å²) in [5.74, 6) is 0.352. The van der Waals surface area contributed by atoms with E-state index in [1.165, 1.54) is 0 Å². The quantitative estimate of drug-likeness (QED) is 0.660. The summed E-state index contributed by atoms with van der Waals surface area (Å²) < 4.78 is 1.72. The molecule has 1 aromatic rings. The van der Waals surface area contributed by atoms with Crippen molar-refractivity contribution in [3.05, 3.63) is 15.9 Å². The number of anilines is 1. The lowest BCUT2D eigenvalue weighted by molar-refractivity contribution is -0.388. The first-order chi connectivity index (χ1) is 9.40. The highest BCUT2D eigenvalue weighted by molar-refractivity contribution is 5.67. The molecule has 0 atom stereocenters. The van der Waals surface area contributed by atoms with Gasteiger partial charge < -0.3 is 20.1 Å². The fourth-order valence-corrected chi connectivity index (χ4v) is 2.65. The van der Waals surface area contributed by atoms with Gasteiger partial charge in [0.2, 0.25) is 11.6 Å². The van der Waals surface area contributed by atoms with Crippen LogP contribution in [0.25, 0.3) is 0 Å². The maximum atomic E-state index is 11.1. The number of rotatable bonds is 4. The van der Waals surface area contributed by atoms with Gasteiger partial charge >= 0.3 is 11.8 Å². The van der Waals surface area contributed by atoms with E-state index >= 15 is 0 Å². The number of aromatic nitrogens is 2. The number of hydrogen-bond acceptors (Lipinski definition) is 5. The summed E-state index contributed by atoms with van der Waals surface area (Å²) in [5.41, 5.74) is 0. The van der Waals surface area contributed by atoms with Crippen LogP contribution >= 0.6 is 0 Å². The third-order valence-electron chi connectivity index (χ3n) is 3.82. The number of imidazole rings is 1. The molecule has 1 aromatic heterocycles. The Morgan fingerprint density at radius 3 is 2.60 bits per heavy atom. The zero-order valence-electron chi connectivity index (χ0n) is 11.6. The molecule has 2 rings (SSSR count). The molecule has 8 heteroatoms. The fourth-order valence-electron chi connectivity index (χ4n) is 2.65. The van der Waals surface area contributed by atoms with Gasteiger partial charge in [-0.2, -0.15) is 0 Å². The van der Waals surface area contributed by atoms with Gasteiger partial charge in [0.25, 0.3) is 0 Å². The van der Waals surface area contributed by atoms with E-state index in [4.69, 9.17) is 5.11 Å². The normalized spacial score (nSPS) is 16.4. The highest BCUT2D eigenvalue weighted by atomic mass is 16.6. The van der Waals surface area contributed by atoms with Crippen LogP contribution in [-0.4, -0.2) is 38.6 Å². The molecule has 1 saturated heterocycles. The highest BCUT2D eigenvalue weighted by Crippen LogP contribution is 2.32. The van der Waals surface area contributed by atoms with Crippen LogP contribution in [0, 0.1) is 23.0 Å². The number of carbonyl (C=O) groups is 1. The van der Waals surface area contributed by atoms with Gasteiger partial charge in [0.15, 0.2) is 0 Å². The van der Waals surface area contributed by atoms with E-state index in [-0.39, 0.29) is 18.2 Å². The Labute approximate surface area is 116 Å². The van der Waals surface area contributed by atoms with Gasteiger partial charge in [-0.15, -0.1) is 0 Å². The van der Waals surface area contributed by atoms with Crippen molar-refractivity contribution in [3.63, 3.8) is 0 Å². The summed E-state index contributed by atoms with van der Waals surface area (Å²) in [6, 6.07) is 0.